The summed E-state index contributed by atoms with van der Waals surface area (Å²) in [4.78, 5) is 9.42. The van der Waals surface area contributed by atoms with E-state index in [0.717, 1.165) is 83.5 Å². The summed E-state index contributed by atoms with van der Waals surface area (Å²) in [7, 11) is 0. The molecule has 2 heterocycles. The molecule has 1 aromatic rings. The third kappa shape index (κ3) is 6.36. The van der Waals surface area contributed by atoms with Gasteiger partial charge < -0.3 is 20.3 Å². The van der Waals surface area contributed by atoms with Gasteiger partial charge in [0.2, 0.25) is 0 Å². The SMILES string of the molecule is CCNC(=NCC1CCCO1)NCCN1CCN(c2ccc(F)cc2)CC1. The highest BCUT2D eigenvalue weighted by molar-refractivity contribution is 5.79. The molecule has 1 atom stereocenters. The van der Waals surface area contributed by atoms with E-state index in [1.807, 2.05) is 12.1 Å². The van der Waals surface area contributed by atoms with Gasteiger partial charge in [0.15, 0.2) is 5.96 Å². The molecular weight excluding hydrogens is 345 g/mol. The molecular formula is C20H32FN5O. The normalized spacial score (nSPS) is 21.5. The van der Waals surface area contributed by atoms with Crippen molar-refractivity contribution in [2.45, 2.75) is 25.9 Å². The lowest BCUT2D eigenvalue weighted by atomic mass is 10.2. The molecule has 0 radical (unpaired) electrons. The van der Waals surface area contributed by atoms with E-state index in [-0.39, 0.29) is 11.9 Å². The van der Waals surface area contributed by atoms with Crippen LogP contribution in [0.3, 0.4) is 0 Å². The summed E-state index contributed by atoms with van der Waals surface area (Å²) >= 11 is 0. The van der Waals surface area contributed by atoms with E-state index in [1.54, 1.807) is 0 Å². The Morgan fingerprint density at radius 1 is 1.19 bits per heavy atom. The third-order valence-corrected chi connectivity index (χ3v) is 5.11. The highest BCUT2D eigenvalue weighted by Crippen LogP contribution is 2.16. The molecule has 2 N–H and O–H groups in total. The Labute approximate surface area is 161 Å². The molecule has 150 valence electrons. The fraction of sp³-hybridized carbons (Fsp3) is 0.650. The molecule has 3 rings (SSSR count). The van der Waals surface area contributed by atoms with Gasteiger partial charge in [-0.2, -0.15) is 0 Å². The number of ether oxygens (including phenoxy) is 1. The van der Waals surface area contributed by atoms with E-state index in [4.69, 9.17) is 4.74 Å². The van der Waals surface area contributed by atoms with Crippen LogP contribution in [0, 0.1) is 5.82 Å². The van der Waals surface area contributed by atoms with E-state index < -0.39 is 0 Å². The van der Waals surface area contributed by atoms with Crippen LogP contribution < -0.4 is 15.5 Å². The first-order chi connectivity index (χ1) is 13.2. The molecule has 2 aliphatic heterocycles. The fourth-order valence-electron chi connectivity index (χ4n) is 3.54. The quantitative estimate of drug-likeness (QED) is 0.559. The van der Waals surface area contributed by atoms with Crippen LogP contribution in [0.5, 0.6) is 0 Å². The van der Waals surface area contributed by atoms with Gasteiger partial charge in [0.1, 0.15) is 5.82 Å². The van der Waals surface area contributed by atoms with E-state index >= 15 is 0 Å². The molecule has 1 unspecified atom stereocenters. The van der Waals surface area contributed by atoms with Crippen molar-refractivity contribution in [1.82, 2.24) is 15.5 Å². The number of nitrogens with one attached hydrogen (secondary N) is 2. The number of nitrogens with zero attached hydrogens (tertiary/aromatic N) is 3. The van der Waals surface area contributed by atoms with Gasteiger partial charge in [0.25, 0.3) is 0 Å². The maximum atomic E-state index is 13.1. The lowest BCUT2D eigenvalue weighted by Crippen LogP contribution is -2.49. The fourth-order valence-corrected chi connectivity index (χ4v) is 3.54. The van der Waals surface area contributed by atoms with Gasteiger partial charge in [-0.05, 0) is 44.0 Å². The van der Waals surface area contributed by atoms with Crippen molar-refractivity contribution in [3.63, 3.8) is 0 Å². The van der Waals surface area contributed by atoms with Crippen molar-refractivity contribution in [1.29, 1.82) is 0 Å². The monoisotopic (exact) mass is 377 g/mol. The van der Waals surface area contributed by atoms with Gasteiger partial charge in [0.05, 0.1) is 12.6 Å². The lowest BCUT2D eigenvalue weighted by Gasteiger charge is -2.36. The molecule has 7 heteroatoms. The molecule has 2 fully saturated rings. The van der Waals surface area contributed by atoms with E-state index in [2.05, 4.69) is 32.3 Å². The Morgan fingerprint density at radius 3 is 2.63 bits per heavy atom. The number of guanidine groups is 1. The molecule has 6 nitrogen and oxygen atoms in total. The zero-order chi connectivity index (χ0) is 18.9. The van der Waals surface area contributed by atoms with E-state index in [0.29, 0.717) is 0 Å². The van der Waals surface area contributed by atoms with E-state index in [1.165, 1.54) is 12.1 Å². The second-order valence-corrected chi connectivity index (χ2v) is 7.09. The molecule has 0 spiro atoms. The van der Waals surface area contributed by atoms with Crippen molar-refractivity contribution in [2.24, 2.45) is 4.99 Å². The summed E-state index contributed by atoms with van der Waals surface area (Å²) in [6.07, 6.45) is 2.54. The highest BCUT2D eigenvalue weighted by Gasteiger charge is 2.17. The molecule has 2 saturated heterocycles. The van der Waals surface area contributed by atoms with Crippen molar-refractivity contribution < 1.29 is 9.13 Å². The number of benzene rings is 1. The van der Waals surface area contributed by atoms with E-state index in [9.17, 15) is 4.39 Å². The van der Waals surface area contributed by atoms with Crippen LogP contribution in [0.4, 0.5) is 10.1 Å². The summed E-state index contributed by atoms with van der Waals surface area (Å²) < 4.78 is 18.7. The summed E-state index contributed by atoms with van der Waals surface area (Å²) in [5.74, 6) is 0.694. The minimum Gasteiger partial charge on any atom is -0.376 e. The summed E-state index contributed by atoms with van der Waals surface area (Å²) in [5, 5.41) is 6.73. The molecule has 1 aromatic carbocycles. The average molecular weight is 378 g/mol. The van der Waals surface area contributed by atoms with Crippen molar-refractivity contribution >= 4 is 11.6 Å². The molecule has 0 saturated carbocycles. The predicted molar refractivity (Wildman–Crippen MR) is 108 cm³/mol. The highest BCUT2D eigenvalue weighted by atomic mass is 19.1. The number of rotatable bonds is 7. The second kappa shape index (κ2) is 10.5. The Morgan fingerprint density at radius 2 is 1.96 bits per heavy atom. The van der Waals surface area contributed by atoms with Crippen LogP contribution in [0.2, 0.25) is 0 Å². The Balaban J connectivity index is 1.37. The molecule has 0 aliphatic carbocycles. The van der Waals surface area contributed by atoms with Gasteiger partial charge in [-0.15, -0.1) is 0 Å². The smallest absolute Gasteiger partial charge is 0.191 e. The number of hydrogen-bond acceptors (Lipinski definition) is 4. The van der Waals surface area contributed by atoms with Gasteiger partial charge >= 0.3 is 0 Å². The maximum Gasteiger partial charge on any atom is 0.191 e. The first-order valence-corrected chi connectivity index (χ1v) is 10.1. The molecule has 0 amide bonds. The third-order valence-electron chi connectivity index (χ3n) is 5.11. The van der Waals surface area contributed by atoms with Crippen LogP contribution >= 0.6 is 0 Å². The zero-order valence-electron chi connectivity index (χ0n) is 16.3. The number of halogens is 1. The van der Waals surface area contributed by atoms with Crippen molar-refractivity contribution in [2.75, 3.05) is 63.9 Å². The predicted octanol–water partition coefficient (Wildman–Crippen LogP) is 1.68. The minimum atomic E-state index is -0.180. The van der Waals surface area contributed by atoms with Crippen LogP contribution in [0.25, 0.3) is 0 Å². The van der Waals surface area contributed by atoms with Crippen LogP contribution in [0.1, 0.15) is 19.8 Å². The average Bonchev–Trinajstić information content (AvgIpc) is 3.21. The largest absolute Gasteiger partial charge is 0.376 e. The Kier molecular flexibility index (Phi) is 7.71. The molecule has 0 aromatic heterocycles. The maximum absolute atomic E-state index is 13.1. The van der Waals surface area contributed by atoms with Crippen LogP contribution in [0.15, 0.2) is 29.3 Å². The van der Waals surface area contributed by atoms with Gasteiger partial charge in [-0.1, -0.05) is 0 Å². The Hall–Kier alpha value is -1.86. The first-order valence-electron chi connectivity index (χ1n) is 10.1. The van der Waals surface area contributed by atoms with Gasteiger partial charge in [-0.25, -0.2) is 4.39 Å². The van der Waals surface area contributed by atoms with Crippen molar-refractivity contribution in [3.8, 4) is 0 Å². The molecule has 0 bridgehead atoms. The van der Waals surface area contributed by atoms with Gasteiger partial charge in [-0.3, -0.25) is 9.89 Å². The Bertz CT molecular complexity index is 581. The minimum absolute atomic E-state index is 0.180. The standard InChI is InChI=1S/C20H32FN5O/c1-2-22-20(24-16-19-4-3-15-27-19)23-9-10-25-11-13-26(14-12-25)18-7-5-17(21)6-8-18/h5-8,19H,2-4,9-16H2,1H3,(H2,22,23,24). The first kappa shape index (κ1) is 19.9. The second-order valence-electron chi connectivity index (χ2n) is 7.09. The number of hydrogen-bond donors (Lipinski definition) is 2. The topological polar surface area (TPSA) is 52.1 Å². The zero-order valence-corrected chi connectivity index (χ0v) is 16.3. The number of piperazine rings is 1. The lowest BCUT2D eigenvalue weighted by molar-refractivity contribution is 0.117. The van der Waals surface area contributed by atoms with Gasteiger partial charge in [0, 0.05) is 58.1 Å². The number of anilines is 1. The van der Waals surface area contributed by atoms with Crippen LogP contribution in [-0.2, 0) is 4.74 Å². The number of aliphatic imine (C=N–C) groups is 1. The summed E-state index contributed by atoms with van der Waals surface area (Å²) in [5.41, 5.74) is 1.10. The van der Waals surface area contributed by atoms with Crippen LogP contribution in [-0.4, -0.2) is 75.9 Å². The summed E-state index contributed by atoms with van der Waals surface area (Å²) in [6.45, 7) is 10.4. The summed E-state index contributed by atoms with van der Waals surface area (Å²) in [6, 6.07) is 6.78. The molecule has 2 aliphatic rings. The van der Waals surface area contributed by atoms with Crippen molar-refractivity contribution in [3.05, 3.63) is 30.1 Å². The molecule has 27 heavy (non-hydrogen) atoms.